The Balaban J connectivity index is 1.37. The number of hydrogen-bond acceptors (Lipinski definition) is 4. The largest absolute Gasteiger partial charge is 0.493 e. The number of anilines is 1. The molecule has 3 aromatic carbocycles. The van der Waals surface area contributed by atoms with Crippen LogP contribution in [0.5, 0.6) is 11.5 Å². The maximum Gasteiger partial charge on any atom is 0.319 e. The van der Waals surface area contributed by atoms with Crippen molar-refractivity contribution < 1.29 is 14.3 Å². The van der Waals surface area contributed by atoms with E-state index in [9.17, 15) is 4.79 Å². The van der Waals surface area contributed by atoms with Crippen LogP contribution in [0.25, 0.3) is 11.1 Å². The van der Waals surface area contributed by atoms with Gasteiger partial charge in [-0.05, 0) is 64.9 Å². The van der Waals surface area contributed by atoms with Gasteiger partial charge in [0.05, 0.1) is 14.2 Å². The van der Waals surface area contributed by atoms with E-state index in [1.807, 2.05) is 31.2 Å². The summed E-state index contributed by atoms with van der Waals surface area (Å²) in [4.78, 5) is 14.3. The van der Waals surface area contributed by atoms with Crippen molar-refractivity contribution in [2.75, 3.05) is 32.6 Å². The highest BCUT2D eigenvalue weighted by molar-refractivity contribution is 5.89. The zero-order chi connectivity index (χ0) is 23.9. The van der Waals surface area contributed by atoms with Crippen LogP contribution in [-0.2, 0) is 19.5 Å². The molecular formula is C28H33N3O3. The Morgan fingerprint density at radius 1 is 0.912 bits per heavy atom. The SMILES string of the molecule is CCCNC(=O)Nc1ccc(-c2ccc(CN3CCc4cc(OC)c(OC)cc4C3)cc2)cc1. The summed E-state index contributed by atoms with van der Waals surface area (Å²) in [5.41, 5.74) is 7.00. The highest BCUT2D eigenvalue weighted by Crippen LogP contribution is 2.33. The molecule has 0 aromatic heterocycles. The molecule has 2 N–H and O–H groups in total. The minimum atomic E-state index is -0.170. The monoisotopic (exact) mass is 459 g/mol. The molecule has 1 heterocycles. The van der Waals surface area contributed by atoms with Gasteiger partial charge in [0.15, 0.2) is 11.5 Å². The van der Waals surface area contributed by atoms with E-state index in [0.717, 1.165) is 60.8 Å². The summed E-state index contributed by atoms with van der Waals surface area (Å²) >= 11 is 0. The fourth-order valence-corrected chi connectivity index (χ4v) is 4.30. The lowest BCUT2D eigenvalue weighted by Gasteiger charge is -2.29. The zero-order valence-corrected chi connectivity index (χ0v) is 20.2. The van der Waals surface area contributed by atoms with E-state index < -0.39 is 0 Å². The Morgan fingerprint density at radius 3 is 2.15 bits per heavy atom. The topological polar surface area (TPSA) is 62.8 Å². The number of ether oxygens (including phenoxy) is 2. The molecule has 0 saturated carbocycles. The number of rotatable bonds is 8. The highest BCUT2D eigenvalue weighted by atomic mass is 16.5. The van der Waals surface area contributed by atoms with E-state index in [1.54, 1.807) is 14.2 Å². The van der Waals surface area contributed by atoms with Gasteiger partial charge < -0.3 is 20.1 Å². The number of nitrogens with one attached hydrogen (secondary N) is 2. The van der Waals surface area contributed by atoms with Crippen LogP contribution in [0, 0.1) is 0 Å². The molecule has 34 heavy (non-hydrogen) atoms. The second-order valence-corrected chi connectivity index (χ2v) is 8.59. The van der Waals surface area contributed by atoms with Crippen LogP contribution in [0.3, 0.4) is 0 Å². The van der Waals surface area contributed by atoms with Crippen LogP contribution in [0.4, 0.5) is 10.5 Å². The lowest BCUT2D eigenvalue weighted by molar-refractivity contribution is 0.244. The maximum absolute atomic E-state index is 11.8. The first-order chi connectivity index (χ1) is 16.6. The number of nitrogens with zero attached hydrogens (tertiary/aromatic N) is 1. The Kier molecular flexibility index (Phi) is 7.70. The highest BCUT2D eigenvalue weighted by Gasteiger charge is 2.19. The van der Waals surface area contributed by atoms with Crippen LogP contribution in [0.15, 0.2) is 60.7 Å². The third-order valence-electron chi connectivity index (χ3n) is 6.17. The van der Waals surface area contributed by atoms with E-state index in [4.69, 9.17) is 9.47 Å². The zero-order valence-electron chi connectivity index (χ0n) is 20.2. The van der Waals surface area contributed by atoms with Gasteiger partial charge in [-0.15, -0.1) is 0 Å². The van der Waals surface area contributed by atoms with Crippen LogP contribution in [0.1, 0.15) is 30.0 Å². The Hall–Kier alpha value is -3.51. The molecule has 6 heteroatoms. The quantitative estimate of drug-likeness (QED) is 0.470. The number of carbonyl (C=O) groups excluding carboxylic acids is 1. The molecule has 4 rings (SSSR count). The number of benzene rings is 3. The van der Waals surface area contributed by atoms with Crippen molar-refractivity contribution in [3.05, 3.63) is 77.4 Å². The summed E-state index contributed by atoms with van der Waals surface area (Å²) < 4.78 is 10.9. The molecule has 0 atom stereocenters. The van der Waals surface area contributed by atoms with Crippen molar-refractivity contribution in [3.8, 4) is 22.6 Å². The molecule has 1 aliphatic rings. The number of fused-ring (bicyclic) bond motifs is 1. The molecule has 0 bridgehead atoms. The van der Waals surface area contributed by atoms with Crippen molar-refractivity contribution in [1.82, 2.24) is 10.2 Å². The molecule has 3 aromatic rings. The Labute approximate surface area is 201 Å². The summed E-state index contributed by atoms with van der Waals surface area (Å²) in [5, 5.41) is 5.68. The second kappa shape index (κ2) is 11.1. The average molecular weight is 460 g/mol. The molecule has 0 saturated heterocycles. The van der Waals surface area contributed by atoms with E-state index in [1.165, 1.54) is 16.7 Å². The molecule has 0 unspecified atom stereocenters. The first kappa shape index (κ1) is 23.6. The van der Waals surface area contributed by atoms with Gasteiger partial charge in [-0.3, -0.25) is 4.90 Å². The van der Waals surface area contributed by atoms with E-state index in [2.05, 4.69) is 51.9 Å². The van der Waals surface area contributed by atoms with Crippen molar-refractivity contribution in [2.24, 2.45) is 0 Å². The van der Waals surface area contributed by atoms with Gasteiger partial charge in [0.1, 0.15) is 0 Å². The van der Waals surface area contributed by atoms with Crippen LogP contribution >= 0.6 is 0 Å². The normalized spacial score (nSPS) is 13.1. The van der Waals surface area contributed by atoms with Crippen molar-refractivity contribution in [1.29, 1.82) is 0 Å². The smallest absolute Gasteiger partial charge is 0.319 e. The molecule has 0 aliphatic carbocycles. The van der Waals surface area contributed by atoms with Gasteiger partial charge in [-0.2, -0.15) is 0 Å². The van der Waals surface area contributed by atoms with E-state index >= 15 is 0 Å². The van der Waals surface area contributed by atoms with Crippen molar-refractivity contribution in [2.45, 2.75) is 32.9 Å². The molecule has 0 spiro atoms. The fraction of sp³-hybridized carbons (Fsp3) is 0.321. The third-order valence-corrected chi connectivity index (χ3v) is 6.17. The van der Waals surface area contributed by atoms with Crippen LogP contribution in [-0.4, -0.2) is 38.2 Å². The number of methoxy groups -OCH3 is 2. The standard InChI is InChI=1S/C28H33N3O3/c1-4-14-29-28(32)30-25-11-9-22(10-12-25)21-7-5-20(6-8-21)18-31-15-13-23-16-26(33-2)27(34-3)17-24(23)19-31/h5-12,16-17H,4,13-15,18-19H2,1-3H3,(H2,29,30,32). The number of hydrogen-bond donors (Lipinski definition) is 2. The van der Waals surface area contributed by atoms with Gasteiger partial charge in [0, 0.05) is 31.9 Å². The minimum absolute atomic E-state index is 0.170. The molecular weight excluding hydrogens is 426 g/mol. The molecule has 178 valence electrons. The average Bonchev–Trinajstić information content (AvgIpc) is 2.87. The maximum atomic E-state index is 11.8. The summed E-state index contributed by atoms with van der Waals surface area (Å²) in [6, 6.07) is 20.7. The third kappa shape index (κ3) is 5.69. The first-order valence-electron chi connectivity index (χ1n) is 11.8. The predicted molar refractivity (Wildman–Crippen MR) is 137 cm³/mol. The van der Waals surface area contributed by atoms with E-state index in [-0.39, 0.29) is 6.03 Å². The van der Waals surface area contributed by atoms with Crippen molar-refractivity contribution in [3.63, 3.8) is 0 Å². The van der Waals surface area contributed by atoms with Gasteiger partial charge in [0.25, 0.3) is 0 Å². The molecule has 2 amide bonds. The van der Waals surface area contributed by atoms with Crippen molar-refractivity contribution >= 4 is 11.7 Å². The van der Waals surface area contributed by atoms with Gasteiger partial charge in [0.2, 0.25) is 0 Å². The summed E-state index contributed by atoms with van der Waals surface area (Å²) in [7, 11) is 3.36. The fourth-order valence-electron chi connectivity index (χ4n) is 4.30. The Morgan fingerprint density at radius 2 is 1.53 bits per heavy atom. The van der Waals surface area contributed by atoms with Crippen LogP contribution < -0.4 is 20.1 Å². The summed E-state index contributed by atoms with van der Waals surface area (Å²) in [6.07, 6.45) is 1.92. The second-order valence-electron chi connectivity index (χ2n) is 8.59. The summed E-state index contributed by atoms with van der Waals surface area (Å²) in [5.74, 6) is 1.59. The Bertz CT molecular complexity index is 1110. The number of urea groups is 1. The number of amides is 2. The summed E-state index contributed by atoms with van der Waals surface area (Å²) in [6.45, 7) is 5.52. The molecule has 1 aliphatic heterocycles. The van der Waals surface area contributed by atoms with Gasteiger partial charge in [-0.1, -0.05) is 43.3 Å². The molecule has 0 fully saturated rings. The predicted octanol–water partition coefficient (Wildman–Crippen LogP) is 5.46. The lowest BCUT2D eigenvalue weighted by atomic mass is 9.98. The molecule has 6 nitrogen and oxygen atoms in total. The minimum Gasteiger partial charge on any atom is -0.493 e. The number of carbonyl (C=O) groups is 1. The lowest BCUT2D eigenvalue weighted by Crippen LogP contribution is -2.30. The van der Waals surface area contributed by atoms with Gasteiger partial charge in [-0.25, -0.2) is 4.79 Å². The van der Waals surface area contributed by atoms with Gasteiger partial charge >= 0.3 is 6.03 Å². The van der Waals surface area contributed by atoms with E-state index in [0.29, 0.717) is 6.54 Å². The van der Waals surface area contributed by atoms with Crippen LogP contribution in [0.2, 0.25) is 0 Å². The first-order valence-corrected chi connectivity index (χ1v) is 11.8. The molecule has 0 radical (unpaired) electrons.